The lowest BCUT2D eigenvalue weighted by Crippen LogP contribution is -2.10. The van der Waals surface area contributed by atoms with Gasteiger partial charge in [-0.1, -0.05) is 0 Å². The van der Waals surface area contributed by atoms with Crippen molar-refractivity contribution >= 4 is 33.0 Å². The molecule has 0 aliphatic heterocycles. The van der Waals surface area contributed by atoms with E-state index in [1.54, 1.807) is 12.1 Å². The molecular formula is C12H7BrF2O2S. The molecule has 0 saturated carbocycles. The predicted molar refractivity (Wildman–Crippen MR) is 68.2 cm³/mol. The van der Waals surface area contributed by atoms with Crippen molar-refractivity contribution in [2.75, 3.05) is 6.61 Å². The van der Waals surface area contributed by atoms with Crippen LogP contribution in [0.5, 0.6) is 5.75 Å². The van der Waals surface area contributed by atoms with Crippen molar-refractivity contribution in [1.29, 1.82) is 0 Å². The van der Waals surface area contributed by atoms with Gasteiger partial charge in [-0.15, -0.1) is 11.3 Å². The average molecular weight is 333 g/mol. The molecule has 1 aromatic heterocycles. The molecule has 0 spiro atoms. The molecule has 2 nitrogen and oxygen atoms in total. The highest BCUT2D eigenvalue weighted by atomic mass is 79.9. The third-order valence-electron chi connectivity index (χ3n) is 2.11. The molecule has 2 rings (SSSR count). The first-order valence-corrected chi connectivity index (χ1v) is 6.53. The van der Waals surface area contributed by atoms with Gasteiger partial charge in [-0.05, 0) is 40.2 Å². The van der Waals surface area contributed by atoms with E-state index < -0.39 is 11.6 Å². The van der Waals surface area contributed by atoms with Crippen molar-refractivity contribution in [3.8, 4) is 5.75 Å². The van der Waals surface area contributed by atoms with Gasteiger partial charge >= 0.3 is 0 Å². The summed E-state index contributed by atoms with van der Waals surface area (Å²) in [5.74, 6) is -2.04. The second-order valence-corrected chi connectivity index (χ2v) is 5.85. The molecule has 1 aromatic carbocycles. The number of carbonyl (C=O) groups excluding carboxylic acids is 1. The maximum absolute atomic E-state index is 12.9. The third kappa shape index (κ3) is 3.14. The lowest BCUT2D eigenvalue weighted by Gasteiger charge is -2.04. The SMILES string of the molecule is O=C(COc1ccc(F)c(F)c1)c1ccc(Br)s1. The summed E-state index contributed by atoms with van der Waals surface area (Å²) in [6.45, 7) is -0.210. The topological polar surface area (TPSA) is 26.3 Å². The van der Waals surface area contributed by atoms with Crippen LogP contribution in [-0.4, -0.2) is 12.4 Å². The maximum atomic E-state index is 12.9. The van der Waals surface area contributed by atoms with Gasteiger partial charge in [0.05, 0.1) is 8.66 Å². The molecule has 0 radical (unpaired) electrons. The molecule has 6 heteroatoms. The molecule has 18 heavy (non-hydrogen) atoms. The van der Waals surface area contributed by atoms with E-state index in [1.807, 2.05) is 0 Å². The zero-order chi connectivity index (χ0) is 13.1. The minimum Gasteiger partial charge on any atom is -0.485 e. The normalized spacial score (nSPS) is 10.4. The van der Waals surface area contributed by atoms with E-state index in [9.17, 15) is 13.6 Å². The maximum Gasteiger partial charge on any atom is 0.210 e. The summed E-state index contributed by atoms with van der Waals surface area (Å²) in [4.78, 5) is 12.2. The van der Waals surface area contributed by atoms with Crippen LogP contribution in [0.1, 0.15) is 9.67 Å². The summed E-state index contributed by atoms with van der Waals surface area (Å²) < 4.78 is 31.5. The Hall–Kier alpha value is -1.27. The van der Waals surface area contributed by atoms with Crippen LogP contribution >= 0.6 is 27.3 Å². The van der Waals surface area contributed by atoms with Gasteiger partial charge < -0.3 is 4.74 Å². The Labute approximate surface area is 114 Å². The fourth-order valence-corrected chi connectivity index (χ4v) is 2.56. The first-order valence-electron chi connectivity index (χ1n) is 4.92. The zero-order valence-electron chi connectivity index (χ0n) is 8.95. The minimum atomic E-state index is -1.00. The molecule has 0 fully saturated rings. The molecule has 0 N–H and O–H groups in total. The summed E-state index contributed by atoms with van der Waals surface area (Å²) in [7, 11) is 0. The lowest BCUT2D eigenvalue weighted by atomic mass is 10.3. The summed E-state index contributed by atoms with van der Waals surface area (Å²) in [6.07, 6.45) is 0. The predicted octanol–water partition coefficient (Wildman–Crippen LogP) is 4.05. The Morgan fingerprint density at radius 2 is 2.00 bits per heavy atom. The van der Waals surface area contributed by atoms with Crippen LogP contribution in [0.15, 0.2) is 34.1 Å². The Bertz CT molecular complexity index is 583. The number of hydrogen-bond donors (Lipinski definition) is 0. The summed E-state index contributed by atoms with van der Waals surface area (Å²) in [5, 5.41) is 0. The lowest BCUT2D eigenvalue weighted by molar-refractivity contribution is 0.0925. The van der Waals surface area contributed by atoms with E-state index in [4.69, 9.17) is 4.74 Å². The molecule has 0 aliphatic rings. The van der Waals surface area contributed by atoms with Crippen molar-refractivity contribution in [2.24, 2.45) is 0 Å². The number of benzene rings is 1. The Morgan fingerprint density at radius 1 is 1.22 bits per heavy atom. The average Bonchev–Trinajstić information content (AvgIpc) is 2.77. The second-order valence-electron chi connectivity index (χ2n) is 3.39. The molecular weight excluding hydrogens is 326 g/mol. The molecule has 0 unspecified atom stereocenters. The van der Waals surface area contributed by atoms with E-state index in [-0.39, 0.29) is 18.1 Å². The molecule has 1 heterocycles. The van der Waals surface area contributed by atoms with Gasteiger partial charge in [0.15, 0.2) is 18.2 Å². The van der Waals surface area contributed by atoms with Crippen molar-refractivity contribution in [1.82, 2.24) is 0 Å². The van der Waals surface area contributed by atoms with Crippen molar-refractivity contribution in [3.05, 3.63) is 50.6 Å². The first-order chi connectivity index (χ1) is 8.56. The number of halogens is 3. The smallest absolute Gasteiger partial charge is 0.210 e. The fraction of sp³-hybridized carbons (Fsp3) is 0.0833. The van der Waals surface area contributed by atoms with Gasteiger partial charge in [-0.2, -0.15) is 0 Å². The summed E-state index contributed by atoms with van der Waals surface area (Å²) in [6, 6.07) is 6.57. The number of ether oxygens (including phenoxy) is 1. The van der Waals surface area contributed by atoms with Gasteiger partial charge in [0.1, 0.15) is 5.75 Å². The summed E-state index contributed by atoms with van der Waals surface area (Å²) in [5.41, 5.74) is 0. The standard InChI is InChI=1S/C12H7BrF2O2S/c13-12-4-3-11(18-12)10(16)6-17-7-1-2-8(14)9(15)5-7/h1-5H,6H2. The Balaban J connectivity index is 1.99. The Kier molecular flexibility index (Phi) is 4.08. The molecule has 0 amide bonds. The molecule has 0 bridgehead atoms. The number of carbonyl (C=O) groups is 1. The van der Waals surface area contributed by atoms with E-state index in [1.165, 1.54) is 17.4 Å². The number of hydrogen-bond acceptors (Lipinski definition) is 3. The van der Waals surface area contributed by atoms with Crippen LogP contribution < -0.4 is 4.74 Å². The molecule has 94 valence electrons. The summed E-state index contributed by atoms with van der Waals surface area (Å²) >= 11 is 4.54. The number of Topliss-reactive ketones (excluding diaryl/α,β-unsaturated/α-hetero) is 1. The monoisotopic (exact) mass is 332 g/mol. The van der Waals surface area contributed by atoms with Crippen LogP contribution in [0, 0.1) is 11.6 Å². The number of rotatable bonds is 4. The molecule has 2 aromatic rings. The van der Waals surface area contributed by atoms with E-state index in [2.05, 4.69) is 15.9 Å². The first kappa shape index (κ1) is 13.2. The zero-order valence-corrected chi connectivity index (χ0v) is 11.4. The molecule has 0 aliphatic carbocycles. The van der Waals surface area contributed by atoms with Gasteiger partial charge in [0.2, 0.25) is 5.78 Å². The van der Waals surface area contributed by atoms with Crippen LogP contribution in [0.4, 0.5) is 8.78 Å². The van der Waals surface area contributed by atoms with E-state index in [0.29, 0.717) is 4.88 Å². The highest BCUT2D eigenvalue weighted by Gasteiger charge is 2.10. The number of ketones is 1. The van der Waals surface area contributed by atoms with E-state index >= 15 is 0 Å². The van der Waals surface area contributed by atoms with E-state index in [0.717, 1.165) is 15.9 Å². The minimum absolute atomic E-state index is 0.123. The van der Waals surface area contributed by atoms with Gasteiger partial charge in [0, 0.05) is 6.07 Å². The van der Waals surface area contributed by atoms with Crippen molar-refractivity contribution < 1.29 is 18.3 Å². The fourth-order valence-electron chi connectivity index (χ4n) is 1.25. The van der Waals surface area contributed by atoms with Gasteiger partial charge in [-0.25, -0.2) is 8.78 Å². The van der Waals surface area contributed by atoms with Crippen LogP contribution in [-0.2, 0) is 0 Å². The van der Waals surface area contributed by atoms with Gasteiger partial charge in [-0.3, -0.25) is 4.79 Å². The van der Waals surface area contributed by atoms with Crippen molar-refractivity contribution in [3.63, 3.8) is 0 Å². The second kappa shape index (κ2) is 5.58. The third-order valence-corrected chi connectivity index (χ3v) is 3.77. The highest BCUT2D eigenvalue weighted by molar-refractivity contribution is 9.11. The Morgan fingerprint density at radius 3 is 2.61 bits per heavy atom. The quantitative estimate of drug-likeness (QED) is 0.789. The molecule has 0 saturated heterocycles. The van der Waals surface area contributed by atoms with Crippen LogP contribution in [0.25, 0.3) is 0 Å². The molecule has 0 atom stereocenters. The van der Waals surface area contributed by atoms with Crippen molar-refractivity contribution in [2.45, 2.75) is 0 Å². The highest BCUT2D eigenvalue weighted by Crippen LogP contribution is 2.23. The van der Waals surface area contributed by atoms with Gasteiger partial charge in [0.25, 0.3) is 0 Å². The van der Waals surface area contributed by atoms with Crippen LogP contribution in [0.2, 0.25) is 0 Å². The largest absolute Gasteiger partial charge is 0.485 e. The van der Waals surface area contributed by atoms with Crippen LogP contribution in [0.3, 0.4) is 0 Å². The number of thiophene rings is 1.